The van der Waals surface area contributed by atoms with E-state index in [0.29, 0.717) is 24.0 Å². The van der Waals surface area contributed by atoms with Gasteiger partial charge in [0.05, 0.1) is 5.69 Å². The van der Waals surface area contributed by atoms with Crippen molar-refractivity contribution in [1.29, 1.82) is 0 Å². The lowest BCUT2D eigenvalue weighted by atomic mass is 10.6. The second kappa shape index (κ2) is 6.82. The number of amides is 1. The zero-order chi connectivity index (χ0) is 14.5. The number of nitrogens with one attached hydrogen (secondary N) is 1. The average Bonchev–Trinajstić information content (AvgIpc) is 2.96. The third-order valence-corrected chi connectivity index (χ3v) is 4.25. The number of aromatic nitrogens is 4. The Morgan fingerprint density at radius 2 is 2.35 bits per heavy atom. The summed E-state index contributed by atoms with van der Waals surface area (Å²) in [5.41, 5.74) is 6.48. The van der Waals surface area contributed by atoms with Gasteiger partial charge in [0.2, 0.25) is 5.91 Å². The molecule has 0 spiro atoms. The zero-order valence-corrected chi connectivity index (χ0v) is 12.9. The Morgan fingerprint density at radius 3 is 3.05 bits per heavy atom. The highest BCUT2D eigenvalue weighted by Gasteiger charge is 2.10. The second-order valence-electron chi connectivity index (χ2n) is 4.08. The molecule has 108 valence electrons. The smallest absolute Gasteiger partial charge is 0.223 e. The highest BCUT2D eigenvalue weighted by Crippen LogP contribution is 2.24. The van der Waals surface area contributed by atoms with Crippen molar-refractivity contribution in [3.8, 4) is 0 Å². The van der Waals surface area contributed by atoms with Crippen LogP contribution < -0.4 is 11.1 Å². The van der Waals surface area contributed by atoms with Crippen molar-refractivity contribution in [2.24, 2.45) is 5.73 Å². The molecule has 9 heteroatoms. The number of thiazole rings is 1. The number of rotatable bonds is 6. The molecule has 20 heavy (non-hydrogen) atoms. The third-order valence-electron chi connectivity index (χ3n) is 2.44. The van der Waals surface area contributed by atoms with Crippen LogP contribution >= 0.6 is 23.1 Å². The molecular formula is C11H16N6OS2. The van der Waals surface area contributed by atoms with Crippen molar-refractivity contribution in [2.75, 3.05) is 11.9 Å². The van der Waals surface area contributed by atoms with E-state index >= 15 is 0 Å². The second-order valence-corrected chi connectivity index (χ2v) is 5.88. The number of carbonyl (C=O) groups is 1. The summed E-state index contributed by atoms with van der Waals surface area (Å²) in [5, 5.41) is 14.2. The minimum Gasteiger partial charge on any atom is -0.329 e. The molecule has 0 saturated carbocycles. The van der Waals surface area contributed by atoms with Gasteiger partial charge in [0, 0.05) is 31.1 Å². The Labute approximate surface area is 125 Å². The third kappa shape index (κ3) is 3.78. The molecule has 0 aliphatic carbocycles. The molecule has 3 N–H and O–H groups in total. The van der Waals surface area contributed by atoms with E-state index in [9.17, 15) is 4.79 Å². The quantitative estimate of drug-likeness (QED) is 0.779. The number of thioether (sulfide) groups is 1. The molecule has 2 rings (SSSR count). The van der Waals surface area contributed by atoms with Crippen molar-refractivity contribution < 1.29 is 4.79 Å². The molecule has 2 aromatic heterocycles. The molecule has 0 radical (unpaired) electrons. The summed E-state index contributed by atoms with van der Waals surface area (Å²) in [4.78, 5) is 15.3. The monoisotopic (exact) mass is 312 g/mol. The Morgan fingerprint density at radius 1 is 1.55 bits per heavy atom. The SMILES string of the molecule is CC(=O)Nc1nc(CSc2nnc(C)n2CCN)cs1. The van der Waals surface area contributed by atoms with Crippen LogP contribution in [-0.2, 0) is 17.1 Å². The van der Waals surface area contributed by atoms with Gasteiger partial charge in [-0.05, 0) is 6.92 Å². The molecule has 0 unspecified atom stereocenters. The predicted octanol–water partition coefficient (Wildman–Crippen LogP) is 1.25. The number of carbonyl (C=O) groups excluding carboxylic acids is 1. The van der Waals surface area contributed by atoms with Gasteiger partial charge in [-0.15, -0.1) is 21.5 Å². The Balaban J connectivity index is 1.98. The fourth-order valence-electron chi connectivity index (χ4n) is 1.57. The topological polar surface area (TPSA) is 98.7 Å². The van der Waals surface area contributed by atoms with Crippen molar-refractivity contribution in [2.45, 2.75) is 31.3 Å². The van der Waals surface area contributed by atoms with Crippen LogP contribution in [0.5, 0.6) is 0 Å². The summed E-state index contributed by atoms with van der Waals surface area (Å²) in [7, 11) is 0. The standard InChI is InChI=1S/C11H16N6OS2/c1-7-15-16-11(17(7)4-3-12)20-6-9-5-19-10(14-9)13-8(2)18/h5H,3-4,6,12H2,1-2H3,(H,13,14,18). The summed E-state index contributed by atoms with van der Waals surface area (Å²) in [5.74, 6) is 1.42. The number of anilines is 1. The van der Waals surface area contributed by atoms with Gasteiger partial charge >= 0.3 is 0 Å². The maximum atomic E-state index is 10.9. The summed E-state index contributed by atoms with van der Waals surface area (Å²) in [6.07, 6.45) is 0. The normalized spacial score (nSPS) is 10.8. The molecule has 0 atom stereocenters. The molecule has 7 nitrogen and oxygen atoms in total. The van der Waals surface area contributed by atoms with E-state index in [1.54, 1.807) is 11.8 Å². The average molecular weight is 312 g/mol. The van der Waals surface area contributed by atoms with E-state index in [1.807, 2.05) is 16.9 Å². The van der Waals surface area contributed by atoms with E-state index in [2.05, 4.69) is 20.5 Å². The van der Waals surface area contributed by atoms with Crippen LogP contribution in [0.1, 0.15) is 18.4 Å². The summed E-state index contributed by atoms with van der Waals surface area (Å²) >= 11 is 2.97. The highest BCUT2D eigenvalue weighted by atomic mass is 32.2. The van der Waals surface area contributed by atoms with Crippen molar-refractivity contribution in [1.82, 2.24) is 19.7 Å². The first kappa shape index (κ1) is 14.9. The molecule has 2 aromatic rings. The first-order chi connectivity index (χ1) is 9.60. The summed E-state index contributed by atoms with van der Waals surface area (Å²) < 4.78 is 1.99. The van der Waals surface area contributed by atoms with Gasteiger partial charge in [-0.2, -0.15) is 0 Å². The van der Waals surface area contributed by atoms with Crippen molar-refractivity contribution in [3.05, 3.63) is 16.9 Å². The van der Waals surface area contributed by atoms with E-state index in [1.165, 1.54) is 18.3 Å². The van der Waals surface area contributed by atoms with Crippen LogP contribution in [0.15, 0.2) is 10.5 Å². The van der Waals surface area contributed by atoms with Crippen LogP contribution in [0.4, 0.5) is 5.13 Å². The lowest BCUT2D eigenvalue weighted by Crippen LogP contribution is -2.12. The maximum absolute atomic E-state index is 10.9. The number of hydrogen-bond donors (Lipinski definition) is 2. The molecular weight excluding hydrogens is 296 g/mol. The fraction of sp³-hybridized carbons (Fsp3) is 0.455. The Kier molecular flexibility index (Phi) is 5.10. The minimum atomic E-state index is -0.114. The Hall–Kier alpha value is -1.45. The van der Waals surface area contributed by atoms with Crippen molar-refractivity contribution in [3.63, 3.8) is 0 Å². The summed E-state index contributed by atoms with van der Waals surface area (Å²) in [6.45, 7) is 4.63. The lowest BCUT2D eigenvalue weighted by molar-refractivity contribution is -0.114. The molecule has 0 aliphatic heterocycles. The van der Waals surface area contributed by atoms with Crippen LogP contribution in [0.25, 0.3) is 0 Å². The zero-order valence-electron chi connectivity index (χ0n) is 11.3. The van der Waals surface area contributed by atoms with Crippen LogP contribution in [0, 0.1) is 6.92 Å². The van der Waals surface area contributed by atoms with Gasteiger partial charge < -0.3 is 15.6 Å². The molecule has 0 aliphatic rings. The predicted molar refractivity (Wildman–Crippen MR) is 79.8 cm³/mol. The van der Waals surface area contributed by atoms with E-state index in [0.717, 1.165) is 16.7 Å². The van der Waals surface area contributed by atoms with Gasteiger partial charge in [0.15, 0.2) is 10.3 Å². The first-order valence-electron chi connectivity index (χ1n) is 6.05. The number of hydrogen-bond acceptors (Lipinski definition) is 7. The van der Waals surface area contributed by atoms with Crippen LogP contribution in [0.3, 0.4) is 0 Å². The van der Waals surface area contributed by atoms with Gasteiger partial charge in [0.25, 0.3) is 0 Å². The Bertz CT molecular complexity index is 594. The minimum absolute atomic E-state index is 0.114. The van der Waals surface area contributed by atoms with Crippen molar-refractivity contribution >= 4 is 34.1 Å². The van der Waals surface area contributed by atoms with Gasteiger partial charge in [0.1, 0.15) is 5.82 Å². The van der Waals surface area contributed by atoms with E-state index < -0.39 is 0 Å². The first-order valence-corrected chi connectivity index (χ1v) is 7.91. The van der Waals surface area contributed by atoms with E-state index in [4.69, 9.17) is 5.73 Å². The number of aryl methyl sites for hydroxylation is 1. The lowest BCUT2D eigenvalue weighted by Gasteiger charge is -2.05. The molecule has 2 heterocycles. The molecule has 0 bridgehead atoms. The number of nitrogens with zero attached hydrogens (tertiary/aromatic N) is 4. The van der Waals surface area contributed by atoms with E-state index in [-0.39, 0.29) is 5.91 Å². The van der Waals surface area contributed by atoms with Crippen LogP contribution in [0.2, 0.25) is 0 Å². The fourth-order valence-corrected chi connectivity index (χ4v) is 3.34. The maximum Gasteiger partial charge on any atom is 0.223 e. The number of nitrogens with two attached hydrogens (primary N) is 1. The largest absolute Gasteiger partial charge is 0.329 e. The van der Waals surface area contributed by atoms with Gasteiger partial charge in [-0.1, -0.05) is 11.8 Å². The summed E-state index contributed by atoms with van der Waals surface area (Å²) in [6, 6.07) is 0. The molecule has 0 aromatic carbocycles. The molecule has 0 saturated heterocycles. The van der Waals surface area contributed by atoms with Gasteiger partial charge in [-0.25, -0.2) is 4.98 Å². The molecule has 0 fully saturated rings. The molecule has 1 amide bonds. The highest BCUT2D eigenvalue weighted by molar-refractivity contribution is 7.98. The van der Waals surface area contributed by atoms with Gasteiger partial charge in [-0.3, -0.25) is 4.79 Å². The van der Waals surface area contributed by atoms with Crippen LogP contribution in [-0.4, -0.2) is 32.2 Å².